The Balaban J connectivity index is 1.26. The highest BCUT2D eigenvalue weighted by atomic mass is 32.2. The van der Waals surface area contributed by atoms with Crippen LogP contribution in [-0.4, -0.2) is 173 Å². The van der Waals surface area contributed by atoms with Gasteiger partial charge in [0.25, 0.3) is 11.8 Å². The van der Waals surface area contributed by atoms with Crippen molar-refractivity contribution in [1.82, 2.24) is 30.3 Å². The van der Waals surface area contributed by atoms with Crippen molar-refractivity contribution in [2.45, 2.75) is 71.4 Å². The van der Waals surface area contributed by atoms with Gasteiger partial charge in [0.15, 0.2) is 0 Å². The van der Waals surface area contributed by atoms with Gasteiger partial charge >= 0.3 is 12.1 Å². The molecule has 411 valence electrons. The molecule has 2 heterocycles. The van der Waals surface area contributed by atoms with Crippen LogP contribution in [0.5, 0.6) is 0 Å². The van der Waals surface area contributed by atoms with Crippen molar-refractivity contribution < 1.29 is 71.1 Å². The Morgan fingerprint density at radius 3 is 2.07 bits per heavy atom. The predicted molar refractivity (Wildman–Crippen MR) is 279 cm³/mol. The molecule has 4 rings (SSSR count). The summed E-state index contributed by atoms with van der Waals surface area (Å²) >= 11 is 1.04. The van der Waals surface area contributed by atoms with Gasteiger partial charge in [-0.05, 0) is 47.7 Å². The van der Waals surface area contributed by atoms with Gasteiger partial charge < -0.3 is 54.2 Å². The molecule has 0 saturated carbocycles. The molecular formula is C52H71F2N6O13SSi. The zero-order valence-electron chi connectivity index (χ0n) is 43.4. The number of rotatable bonds is 35. The number of nitrogens with one attached hydrogen (secondary N) is 3. The van der Waals surface area contributed by atoms with Crippen molar-refractivity contribution in [1.29, 1.82) is 0 Å². The third-order valence-corrected chi connectivity index (χ3v) is 13.5. The van der Waals surface area contributed by atoms with Gasteiger partial charge in [0.05, 0.1) is 71.3 Å². The molecule has 0 unspecified atom stereocenters. The second-order valence-electron chi connectivity index (χ2n) is 18.7. The number of aromatic nitrogens is 1. The second-order valence-corrected chi connectivity index (χ2v) is 22.7. The maximum atomic E-state index is 15.3. The zero-order valence-corrected chi connectivity index (χ0v) is 45.2. The predicted octanol–water partition coefficient (Wildman–Crippen LogP) is 5.07. The Labute approximate surface area is 443 Å². The van der Waals surface area contributed by atoms with Crippen molar-refractivity contribution in [3.8, 4) is 11.1 Å². The van der Waals surface area contributed by atoms with Gasteiger partial charge in [-0.2, -0.15) is 0 Å². The molecule has 0 spiro atoms. The highest BCUT2D eigenvalue weighted by Gasteiger charge is 2.37. The van der Waals surface area contributed by atoms with Crippen LogP contribution < -0.4 is 16.0 Å². The van der Waals surface area contributed by atoms with Crippen LogP contribution in [0.15, 0.2) is 72.9 Å². The van der Waals surface area contributed by atoms with Crippen LogP contribution in [0.1, 0.15) is 50.9 Å². The molecule has 1 aromatic heterocycles. The number of carboxylic acid groups (broad SMARTS) is 1. The lowest BCUT2D eigenvalue weighted by Gasteiger charge is -2.41. The number of imide groups is 1. The number of aliphatic carboxylic acids is 1. The van der Waals surface area contributed by atoms with E-state index in [-0.39, 0.29) is 108 Å². The Morgan fingerprint density at radius 2 is 1.44 bits per heavy atom. The fraction of sp³-hybridized carbons (Fsp3) is 0.519. The molecule has 0 aliphatic carbocycles. The zero-order chi connectivity index (χ0) is 54.8. The van der Waals surface area contributed by atoms with Crippen LogP contribution >= 0.6 is 11.8 Å². The van der Waals surface area contributed by atoms with Gasteiger partial charge in [-0.1, -0.05) is 64.2 Å². The Bertz CT molecular complexity index is 2350. The number of thioether (sulfide) groups is 1. The van der Waals surface area contributed by atoms with E-state index in [4.69, 9.17) is 23.7 Å². The molecular weight excluding hydrogens is 1010 g/mol. The van der Waals surface area contributed by atoms with Gasteiger partial charge in [0, 0.05) is 82.3 Å². The topological polar surface area (TPSA) is 233 Å². The van der Waals surface area contributed by atoms with Crippen LogP contribution in [-0.2, 0) is 59.0 Å². The quantitative estimate of drug-likeness (QED) is 0.0343. The lowest BCUT2D eigenvalue weighted by atomic mass is 9.83. The van der Waals surface area contributed by atoms with E-state index in [0.29, 0.717) is 30.8 Å². The number of carboxylic acids is 1. The van der Waals surface area contributed by atoms with Crippen LogP contribution in [0.4, 0.5) is 13.6 Å². The minimum absolute atomic E-state index is 0.00153. The van der Waals surface area contributed by atoms with E-state index in [0.717, 1.165) is 58.6 Å². The third kappa shape index (κ3) is 22.4. The van der Waals surface area contributed by atoms with E-state index < -0.39 is 73.6 Å². The summed E-state index contributed by atoms with van der Waals surface area (Å²) in [5.74, 6) is -5.25. The Morgan fingerprint density at radius 1 is 0.800 bits per heavy atom. The largest absolute Gasteiger partial charge is 0.480 e. The number of benzene rings is 2. The maximum Gasteiger partial charge on any atom is 0.407 e. The summed E-state index contributed by atoms with van der Waals surface area (Å²) in [4.78, 5) is 89.7. The number of hydrogen-bond acceptors (Lipinski definition) is 13. The van der Waals surface area contributed by atoms with Crippen LogP contribution in [0.2, 0.25) is 19.1 Å². The number of carbonyl (C=O) groups is 7. The number of carbonyl (C=O) groups excluding carboxylic acids is 6. The van der Waals surface area contributed by atoms with Crippen molar-refractivity contribution in [2.24, 2.45) is 5.41 Å². The summed E-state index contributed by atoms with van der Waals surface area (Å²) in [6.07, 6.45) is 3.60. The Kier molecular flexibility index (Phi) is 26.6. The van der Waals surface area contributed by atoms with E-state index in [9.17, 15) is 43.1 Å². The smallest absolute Gasteiger partial charge is 0.407 e. The van der Waals surface area contributed by atoms with Gasteiger partial charge in [0.2, 0.25) is 17.7 Å². The highest BCUT2D eigenvalue weighted by Crippen LogP contribution is 2.41. The van der Waals surface area contributed by atoms with Crippen LogP contribution in [0.3, 0.4) is 0 Å². The van der Waals surface area contributed by atoms with Crippen molar-refractivity contribution in [3.05, 3.63) is 95.8 Å². The standard InChI is InChI=1S/C52H71F2N6O13SSi/c1-52(2,3)49(43-30-38(40-31-39(53)12-13-41(40)54)33-58(43)32-37-10-7-6-8-11-37)59(19-9-17-56-51(68)73-28-29-75(4)5)48(65)36-74-35-42(50(66)67)57-44(61)16-20-69-22-24-71-26-27-72-25-23-70-21-18-55-45(62)34-60-46(63)14-15-47(60)64/h6-8,10-15,30-31,33,42,49H,9,16-29,32,34-36H2,1-5H3,(H,55,62)(H,56,68)(H,57,61)(H,66,67)/t42-,49-/m0/s1. The number of halogens is 2. The number of nitrogens with zero attached hydrogens (tertiary/aromatic N) is 3. The lowest BCUT2D eigenvalue weighted by Crippen LogP contribution is -2.45. The molecule has 2 aromatic carbocycles. The van der Waals surface area contributed by atoms with Crippen LogP contribution in [0.25, 0.3) is 11.1 Å². The van der Waals surface area contributed by atoms with Gasteiger partial charge in [-0.3, -0.25) is 28.9 Å². The van der Waals surface area contributed by atoms with Gasteiger partial charge in [0.1, 0.15) is 24.2 Å². The number of alkyl carbamates (subject to hydrolysis) is 1. The molecule has 6 amide bonds. The van der Waals surface area contributed by atoms with Gasteiger partial charge in [-0.25, -0.2) is 18.4 Å². The van der Waals surface area contributed by atoms with Crippen molar-refractivity contribution >= 4 is 62.2 Å². The summed E-state index contributed by atoms with van der Waals surface area (Å²) in [5, 5.41) is 17.9. The molecule has 23 heteroatoms. The summed E-state index contributed by atoms with van der Waals surface area (Å²) in [6, 6.07) is 13.4. The average Bonchev–Trinajstić information content (AvgIpc) is 3.90. The molecule has 4 N–H and O–H groups in total. The summed E-state index contributed by atoms with van der Waals surface area (Å²) in [6.45, 7) is 12.7. The summed E-state index contributed by atoms with van der Waals surface area (Å²) in [5.41, 5.74) is 1.40. The fourth-order valence-corrected chi connectivity index (χ4v) is 9.04. The molecule has 0 bridgehead atoms. The molecule has 1 aliphatic heterocycles. The minimum Gasteiger partial charge on any atom is -0.480 e. The number of ether oxygens (including phenoxy) is 5. The number of amides is 6. The first-order valence-electron chi connectivity index (χ1n) is 24.7. The molecule has 2 atom stereocenters. The minimum atomic E-state index is -1.32. The number of hydrogen-bond donors (Lipinski definition) is 4. The molecule has 1 aliphatic rings. The maximum absolute atomic E-state index is 15.3. The van der Waals surface area contributed by atoms with Crippen LogP contribution in [0, 0.1) is 17.0 Å². The Hall–Kier alpha value is -5.98. The van der Waals surface area contributed by atoms with E-state index in [1.54, 1.807) is 17.2 Å². The molecule has 75 heavy (non-hydrogen) atoms. The molecule has 0 saturated heterocycles. The normalized spacial score (nSPS) is 13.3. The second kappa shape index (κ2) is 32.5. The van der Waals surface area contributed by atoms with E-state index in [1.807, 2.05) is 55.7 Å². The summed E-state index contributed by atoms with van der Waals surface area (Å²) in [7, 11) is -0.584. The lowest BCUT2D eigenvalue weighted by molar-refractivity contribution is -0.141. The van der Waals surface area contributed by atoms with E-state index >= 15 is 4.39 Å². The summed E-state index contributed by atoms with van der Waals surface area (Å²) < 4.78 is 58.9. The first-order chi connectivity index (χ1) is 35.8. The first kappa shape index (κ1) is 61.6. The molecule has 19 nitrogen and oxygen atoms in total. The fourth-order valence-electron chi connectivity index (χ4n) is 7.61. The average molecular weight is 1090 g/mol. The first-order valence-corrected chi connectivity index (χ1v) is 28.6. The van der Waals surface area contributed by atoms with Crippen molar-refractivity contribution in [2.75, 3.05) is 97.1 Å². The molecule has 0 fully saturated rings. The molecule has 1 radical (unpaired) electrons. The van der Waals surface area contributed by atoms with E-state index in [1.165, 1.54) is 0 Å². The molecule has 3 aromatic rings. The SMILES string of the molecule is C[Si](C)CCOC(=O)NCCCN(C(=O)CSC[C@H](NC(=O)CCOCCOCCOCCOCCNC(=O)CN1C(=O)C=CC1=O)C(=O)O)[C@@H](c1cc(-c2cc(F)ccc2F)cn1Cc1ccccc1)C(C)(C)C. The monoisotopic (exact) mass is 1090 g/mol. The van der Waals surface area contributed by atoms with E-state index in [2.05, 4.69) is 29.0 Å². The van der Waals surface area contributed by atoms with Crippen molar-refractivity contribution in [3.63, 3.8) is 0 Å². The van der Waals surface area contributed by atoms with Gasteiger partial charge in [-0.15, -0.1) is 11.8 Å². The third-order valence-electron chi connectivity index (χ3n) is 11.3. The highest BCUT2D eigenvalue weighted by molar-refractivity contribution is 8.00.